The Morgan fingerprint density at radius 3 is 2.30 bits per heavy atom. The van der Waals surface area contributed by atoms with Crippen LogP contribution in [-0.2, 0) is 4.79 Å². The molecule has 0 radical (unpaired) electrons. The molecule has 1 aliphatic heterocycles. The Morgan fingerprint density at radius 2 is 1.74 bits per heavy atom. The van der Waals surface area contributed by atoms with Crippen molar-refractivity contribution in [2.45, 2.75) is 44.1 Å². The van der Waals surface area contributed by atoms with Crippen LogP contribution in [0.25, 0.3) is 0 Å². The molecule has 1 saturated carbocycles. The van der Waals surface area contributed by atoms with E-state index in [1.54, 1.807) is 7.11 Å². The van der Waals surface area contributed by atoms with Crippen LogP contribution in [0.5, 0.6) is 5.75 Å². The van der Waals surface area contributed by atoms with Gasteiger partial charge >= 0.3 is 0 Å². The molecule has 27 heavy (non-hydrogen) atoms. The van der Waals surface area contributed by atoms with E-state index in [1.165, 1.54) is 5.69 Å². The largest absolute Gasteiger partial charge is 0.497 e. The lowest BCUT2D eigenvalue weighted by molar-refractivity contribution is -0.123. The highest BCUT2D eigenvalue weighted by molar-refractivity contribution is 5.79. The summed E-state index contributed by atoms with van der Waals surface area (Å²) in [6.45, 7) is 3.85. The van der Waals surface area contributed by atoms with E-state index in [1.807, 2.05) is 12.1 Å². The summed E-state index contributed by atoms with van der Waals surface area (Å²) < 4.78 is 5.21. The summed E-state index contributed by atoms with van der Waals surface area (Å²) in [7, 11) is 1.67. The smallest absolute Gasteiger partial charge is 0.235 e. The zero-order chi connectivity index (χ0) is 19.1. The molecular formula is C21H30N4O2. The molecule has 0 unspecified atom stereocenters. The second-order valence-electron chi connectivity index (χ2n) is 7.62. The van der Waals surface area contributed by atoms with Crippen molar-refractivity contribution in [3.8, 4) is 11.8 Å². The normalized spacial score (nSPS) is 20.4. The van der Waals surface area contributed by atoms with Crippen molar-refractivity contribution in [3.05, 3.63) is 24.3 Å². The third-order valence-electron chi connectivity index (χ3n) is 5.73. The maximum Gasteiger partial charge on any atom is 0.235 e. The van der Waals surface area contributed by atoms with Gasteiger partial charge in [0.1, 0.15) is 11.3 Å². The van der Waals surface area contributed by atoms with Gasteiger partial charge in [-0.05, 0) is 37.1 Å². The van der Waals surface area contributed by atoms with Crippen molar-refractivity contribution >= 4 is 11.6 Å². The third kappa shape index (κ3) is 5.14. The zero-order valence-electron chi connectivity index (χ0n) is 16.2. The Hall–Kier alpha value is -2.26. The zero-order valence-corrected chi connectivity index (χ0v) is 16.2. The molecule has 6 heteroatoms. The lowest BCUT2D eigenvalue weighted by atomic mass is 9.92. The minimum atomic E-state index is -0.654. The van der Waals surface area contributed by atoms with Crippen LogP contribution in [0, 0.1) is 11.3 Å². The van der Waals surface area contributed by atoms with Crippen LogP contribution in [-0.4, -0.2) is 56.2 Å². The van der Waals surface area contributed by atoms with Crippen molar-refractivity contribution in [3.63, 3.8) is 0 Å². The number of benzene rings is 1. The number of carbonyl (C=O) groups excluding carboxylic acids is 1. The fourth-order valence-electron chi connectivity index (χ4n) is 4.06. The van der Waals surface area contributed by atoms with Crippen LogP contribution in [0.1, 0.15) is 38.5 Å². The average molecular weight is 370 g/mol. The molecule has 0 aromatic heterocycles. The summed E-state index contributed by atoms with van der Waals surface area (Å²) in [5.41, 5.74) is 0.528. The van der Waals surface area contributed by atoms with Gasteiger partial charge in [0.15, 0.2) is 0 Å². The van der Waals surface area contributed by atoms with Gasteiger partial charge in [0.2, 0.25) is 5.91 Å². The van der Waals surface area contributed by atoms with E-state index in [9.17, 15) is 10.1 Å². The number of methoxy groups -OCH3 is 1. The van der Waals surface area contributed by atoms with E-state index in [-0.39, 0.29) is 5.91 Å². The minimum Gasteiger partial charge on any atom is -0.497 e. The van der Waals surface area contributed by atoms with E-state index >= 15 is 0 Å². The molecular weight excluding hydrogens is 340 g/mol. The van der Waals surface area contributed by atoms with Crippen molar-refractivity contribution in [1.82, 2.24) is 10.2 Å². The molecule has 0 atom stereocenters. The highest BCUT2D eigenvalue weighted by atomic mass is 16.5. The molecule has 6 nitrogen and oxygen atoms in total. The topological polar surface area (TPSA) is 68.6 Å². The van der Waals surface area contributed by atoms with Crippen LogP contribution < -0.4 is 15.0 Å². The van der Waals surface area contributed by atoms with E-state index < -0.39 is 5.54 Å². The molecule has 1 amide bonds. The average Bonchev–Trinajstić information content (AvgIpc) is 2.94. The molecule has 0 bridgehead atoms. The van der Waals surface area contributed by atoms with E-state index in [0.717, 1.165) is 70.5 Å². The molecule has 1 aliphatic carbocycles. The predicted molar refractivity (Wildman–Crippen MR) is 106 cm³/mol. The summed E-state index contributed by atoms with van der Waals surface area (Å²) in [4.78, 5) is 17.1. The Labute approximate surface area is 162 Å². The summed E-state index contributed by atoms with van der Waals surface area (Å²) in [5, 5.41) is 12.7. The molecule has 1 aromatic carbocycles. The van der Waals surface area contributed by atoms with Crippen LogP contribution in [0.4, 0.5) is 5.69 Å². The van der Waals surface area contributed by atoms with Crippen LogP contribution in [0.2, 0.25) is 0 Å². The lowest BCUT2D eigenvalue weighted by Gasteiger charge is -2.36. The van der Waals surface area contributed by atoms with E-state index in [4.69, 9.17) is 4.74 Å². The first-order valence-electron chi connectivity index (χ1n) is 9.98. The molecule has 1 saturated heterocycles. The predicted octanol–water partition coefficient (Wildman–Crippen LogP) is 2.55. The molecule has 1 heterocycles. The first-order chi connectivity index (χ1) is 13.1. The standard InChI is InChI=1S/C21H30N4O2/c1-27-19-8-6-18(7-9-19)25-14-12-24(13-15-25)16-20(26)23-21(17-22)10-4-2-3-5-11-21/h6-9H,2-5,10-16H2,1H3,(H,23,26). The number of piperazine rings is 1. The highest BCUT2D eigenvalue weighted by Gasteiger charge is 2.33. The number of nitriles is 1. The molecule has 3 rings (SSSR count). The van der Waals surface area contributed by atoms with Gasteiger partial charge in [-0.1, -0.05) is 25.7 Å². The van der Waals surface area contributed by atoms with Crippen LogP contribution in [0.15, 0.2) is 24.3 Å². The molecule has 146 valence electrons. The Balaban J connectivity index is 1.48. The first-order valence-corrected chi connectivity index (χ1v) is 9.98. The number of hydrogen-bond donors (Lipinski definition) is 1. The molecule has 1 aromatic rings. The number of hydrogen-bond acceptors (Lipinski definition) is 5. The lowest BCUT2D eigenvalue weighted by Crippen LogP contribution is -2.53. The Kier molecular flexibility index (Phi) is 6.57. The second kappa shape index (κ2) is 9.09. The van der Waals surface area contributed by atoms with E-state index in [0.29, 0.717) is 6.54 Å². The van der Waals surface area contributed by atoms with E-state index in [2.05, 4.69) is 33.3 Å². The Bertz CT molecular complexity index is 652. The highest BCUT2D eigenvalue weighted by Crippen LogP contribution is 2.26. The van der Waals surface area contributed by atoms with Crippen LogP contribution >= 0.6 is 0 Å². The van der Waals surface area contributed by atoms with Gasteiger partial charge < -0.3 is 15.0 Å². The SMILES string of the molecule is COc1ccc(N2CCN(CC(=O)NC3(C#N)CCCCCC3)CC2)cc1. The monoisotopic (exact) mass is 370 g/mol. The van der Waals surface area contributed by atoms with Crippen molar-refractivity contribution in [2.75, 3.05) is 44.7 Å². The maximum absolute atomic E-state index is 12.5. The van der Waals surface area contributed by atoms with Gasteiger partial charge in [-0.15, -0.1) is 0 Å². The van der Waals surface area contributed by atoms with Gasteiger partial charge in [0, 0.05) is 31.9 Å². The first kappa shape index (κ1) is 19.5. The summed E-state index contributed by atoms with van der Waals surface area (Å²) in [6, 6.07) is 10.5. The van der Waals surface area contributed by atoms with Gasteiger partial charge in [0.05, 0.1) is 19.7 Å². The quantitative estimate of drug-likeness (QED) is 0.807. The Morgan fingerprint density at radius 1 is 1.11 bits per heavy atom. The summed E-state index contributed by atoms with van der Waals surface area (Å²) in [6.07, 6.45) is 5.92. The van der Waals surface area contributed by atoms with Crippen molar-refractivity contribution in [1.29, 1.82) is 5.26 Å². The number of carbonyl (C=O) groups is 1. The summed E-state index contributed by atoms with van der Waals surface area (Å²) in [5.74, 6) is 0.843. The molecule has 1 N–H and O–H groups in total. The number of nitrogens with zero attached hydrogens (tertiary/aromatic N) is 3. The molecule has 2 aliphatic rings. The van der Waals surface area contributed by atoms with Gasteiger partial charge in [-0.2, -0.15) is 5.26 Å². The van der Waals surface area contributed by atoms with Gasteiger partial charge in [0.25, 0.3) is 0 Å². The van der Waals surface area contributed by atoms with Crippen LogP contribution in [0.3, 0.4) is 0 Å². The summed E-state index contributed by atoms with van der Waals surface area (Å²) >= 11 is 0. The fourth-order valence-corrected chi connectivity index (χ4v) is 4.06. The van der Waals surface area contributed by atoms with Gasteiger partial charge in [-0.25, -0.2) is 0 Å². The number of nitrogens with one attached hydrogen (secondary N) is 1. The second-order valence-corrected chi connectivity index (χ2v) is 7.62. The minimum absolute atomic E-state index is 0.0173. The van der Waals surface area contributed by atoms with Gasteiger partial charge in [-0.3, -0.25) is 9.69 Å². The number of ether oxygens (including phenoxy) is 1. The van der Waals surface area contributed by atoms with Crippen molar-refractivity contribution < 1.29 is 9.53 Å². The number of amides is 1. The number of anilines is 1. The third-order valence-corrected chi connectivity index (χ3v) is 5.73. The molecule has 0 spiro atoms. The number of rotatable bonds is 5. The molecule has 2 fully saturated rings. The van der Waals surface area contributed by atoms with Crippen molar-refractivity contribution in [2.24, 2.45) is 0 Å². The maximum atomic E-state index is 12.5. The fraction of sp³-hybridized carbons (Fsp3) is 0.619.